The Hall–Kier alpha value is -1.92. The third kappa shape index (κ3) is 4.03. The smallest absolute Gasteiger partial charge is 0.321 e. The first-order valence-corrected chi connectivity index (χ1v) is 7.91. The molecule has 2 aromatic rings. The lowest BCUT2D eigenvalue weighted by Gasteiger charge is -2.16. The lowest BCUT2D eigenvalue weighted by atomic mass is 10.2. The summed E-state index contributed by atoms with van der Waals surface area (Å²) in [5.41, 5.74) is 1.31. The molecule has 0 aliphatic carbocycles. The Morgan fingerprint density at radius 2 is 2.24 bits per heavy atom. The van der Waals surface area contributed by atoms with Crippen molar-refractivity contribution in [1.29, 1.82) is 0 Å². The van der Waals surface area contributed by atoms with Gasteiger partial charge < -0.3 is 5.32 Å². The van der Waals surface area contributed by atoms with Crippen LogP contribution >= 0.6 is 11.3 Å². The van der Waals surface area contributed by atoms with Crippen LogP contribution in [0.25, 0.3) is 0 Å². The highest BCUT2D eigenvalue weighted by atomic mass is 32.1. The second kappa shape index (κ2) is 6.69. The molecule has 2 amide bonds. The van der Waals surface area contributed by atoms with Crippen LogP contribution in [0.2, 0.25) is 0 Å². The van der Waals surface area contributed by atoms with E-state index in [-0.39, 0.29) is 12.1 Å². The van der Waals surface area contributed by atoms with Gasteiger partial charge in [-0.1, -0.05) is 30.3 Å². The normalized spacial score (nSPS) is 18.6. The molecule has 0 bridgehead atoms. The third-order valence-corrected chi connectivity index (χ3v) is 4.20. The molecule has 1 atom stereocenters. The van der Waals surface area contributed by atoms with Gasteiger partial charge in [-0.15, -0.1) is 11.3 Å². The van der Waals surface area contributed by atoms with Gasteiger partial charge in [0, 0.05) is 37.3 Å². The zero-order valence-electron chi connectivity index (χ0n) is 11.7. The molecule has 1 aliphatic heterocycles. The Morgan fingerprint density at radius 3 is 3.00 bits per heavy atom. The minimum atomic E-state index is -0.170. The molecule has 0 radical (unpaired) electrons. The highest BCUT2D eigenvalue weighted by molar-refractivity contribution is 7.13. The minimum Gasteiger partial charge on any atom is -0.334 e. The van der Waals surface area contributed by atoms with Crippen LogP contribution in [-0.4, -0.2) is 35.0 Å². The molecule has 110 valence electrons. The molecule has 6 heteroatoms. The molecule has 1 aromatic carbocycles. The molecule has 2 heterocycles. The predicted molar refractivity (Wildman–Crippen MR) is 84.4 cm³/mol. The third-order valence-electron chi connectivity index (χ3n) is 3.51. The second-order valence-electron chi connectivity index (χ2n) is 5.14. The van der Waals surface area contributed by atoms with Gasteiger partial charge in [0.2, 0.25) is 0 Å². The van der Waals surface area contributed by atoms with Crippen molar-refractivity contribution in [2.45, 2.75) is 19.0 Å². The van der Waals surface area contributed by atoms with Gasteiger partial charge in [0.25, 0.3) is 0 Å². The summed E-state index contributed by atoms with van der Waals surface area (Å²) in [6.45, 7) is 2.84. The average Bonchev–Trinajstić information content (AvgIpc) is 3.12. The number of carbonyl (C=O) groups is 1. The minimum absolute atomic E-state index is 0.170. The van der Waals surface area contributed by atoms with Crippen molar-refractivity contribution in [2.24, 2.45) is 0 Å². The Bertz CT molecular complexity index is 573. The van der Waals surface area contributed by atoms with Crippen molar-refractivity contribution in [1.82, 2.24) is 15.2 Å². The molecule has 1 aliphatic rings. The lowest BCUT2D eigenvalue weighted by molar-refractivity contribution is 0.247. The first-order chi connectivity index (χ1) is 10.3. The van der Waals surface area contributed by atoms with Crippen LogP contribution in [0, 0.1) is 0 Å². The SMILES string of the molecule is O=C(Nc1nccs1)N[C@@H]1CCN(Cc2ccccc2)C1. The van der Waals surface area contributed by atoms with Crippen molar-refractivity contribution in [3.8, 4) is 0 Å². The van der Waals surface area contributed by atoms with Gasteiger partial charge in [-0.25, -0.2) is 9.78 Å². The molecule has 2 N–H and O–H groups in total. The maximum Gasteiger partial charge on any atom is 0.321 e. The number of rotatable bonds is 4. The number of aromatic nitrogens is 1. The van der Waals surface area contributed by atoms with E-state index in [0.717, 1.165) is 26.1 Å². The van der Waals surface area contributed by atoms with Crippen molar-refractivity contribution in [3.63, 3.8) is 0 Å². The zero-order valence-corrected chi connectivity index (χ0v) is 12.5. The number of likely N-dealkylation sites (tertiary alicyclic amines) is 1. The van der Waals surface area contributed by atoms with E-state index in [9.17, 15) is 4.79 Å². The lowest BCUT2D eigenvalue weighted by Crippen LogP contribution is -2.39. The number of carbonyl (C=O) groups excluding carboxylic acids is 1. The number of hydrogen-bond acceptors (Lipinski definition) is 4. The molecule has 1 saturated heterocycles. The maximum atomic E-state index is 11.9. The number of amides is 2. The number of anilines is 1. The molecule has 1 fully saturated rings. The Kier molecular flexibility index (Phi) is 4.47. The number of nitrogens with zero attached hydrogens (tertiary/aromatic N) is 2. The van der Waals surface area contributed by atoms with Crippen LogP contribution in [0.3, 0.4) is 0 Å². The van der Waals surface area contributed by atoms with E-state index in [1.165, 1.54) is 16.9 Å². The summed E-state index contributed by atoms with van der Waals surface area (Å²) in [7, 11) is 0. The van der Waals surface area contributed by atoms with Crippen molar-refractivity contribution < 1.29 is 4.79 Å². The number of hydrogen-bond donors (Lipinski definition) is 2. The Morgan fingerprint density at radius 1 is 1.38 bits per heavy atom. The number of urea groups is 1. The highest BCUT2D eigenvalue weighted by Gasteiger charge is 2.23. The van der Waals surface area contributed by atoms with E-state index in [0.29, 0.717) is 5.13 Å². The number of thiazole rings is 1. The van der Waals surface area contributed by atoms with Gasteiger partial charge in [0.1, 0.15) is 0 Å². The fraction of sp³-hybridized carbons (Fsp3) is 0.333. The number of benzene rings is 1. The fourth-order valence-electron chi connectivity index (χ4n) is 2.54. The van der Waals surface area contributed by atoms with Crippen LogP contribution in [0.5, 0.6) is 0 Å². The van der Waals surface area contributed by atoms with E-state index in [1.54, 1.807) is 6.20 Å². The molecule has 3 rings (SSSR count). The predicted octanol–water partition coefficient (Wildman–Crippen LogP) is 2.54. The van der Waals surface area contributed by atoms with Crippen LogP contribution in [-0.2, 0) is 6.54 Å². The van der Waals surface area contributed by atoms with Crippen molar-refractivity contribution in [3.05, 3.63) is 47.5 Å². The zero-order chi connectivity index (χ0) is 14.5. The van der Waals surface area contributed by atoms with Crippen LogP contribution in [0.4, 0.5) is 9.93 Å². The summed E-state index contributed by atoms with van der Waals surface area (Å²) in [5.74, 6) is 0. The van der Waals surface area contributed by atoms with E-state index in [2.05, 4.69) is 44.8 Å². The largest absolute Gasteiger partial charge is 0.334 e. The molecule has 0 spiro atoms. The van der Waals surface area contributed by atoms with E-state index >= 15 is 0 Å². The summed E-state index contributed by atoms with van der Waals surface area (Å²) < 4.78 is 0. The molecule has 5 nitrogen and oxygen atoms in total. The first kappa shape index (κ1) is 14.0. The van der Waals surface area contributed by atoms with Crippen LogP contribution in [0.1, 0.15) is 12.0 Å². The standard InChI is InChI=1S/C15H18N4OS/c20-14(18-15-16-7-9-21-15)17-13-6-8-19(11-13)10-12-4-2-1-3-5-12/h1-5,7,9,13H,6,8,10-11H2,(H2,16,17,18,20)/t13-/m1/s1. The molecule has 1 aromatic heterocycles. The fourth-order valence-corrected chi connectivity index (χ4v) is 3.06. The van der Waals surface area contributed by atoms with E-state index < -0.39 is 0 Å². The summed E-state index contributed by atoms with van der Waals surface area (Å²) in [6.07, 6.45) is 2.66. The van der Waals surface area contributed by atoms with Gasteiger partial charge in [0.15, 0.2) is 5.13 Å². The molecule has 21 heavy (non-hydrogen) atoms. The summed E-state index contributed by atoms with van der Waals surface area (Å²) >= 11 is 1.42. The van der Waals surface area contributed by atoms with Gasteiger partial charge in [-0.3, -0.25) is 10.2 Å². The Labute approximate surface area is 128 Å². The van der Waals surface area contributed by atoms with Crippen LogP contribution in [0.15, 0.2) is 41.9 Å². The number of nitrogens with one attached hydrogen (secondary N) is 2. The summed E-state index contributed by atoms with van der Waals surface area (Å²) in [4.78, 5) is 18.3. The molecular formula is C15H18N4OS. The molecule has 0 saturated carbocycles. The maximum absolute atomic E-state index is 11.9. The highest BCUT2D eigenvalue weighted by Crippen LogP contribution is 2.14. The van der Waals surface area contributed by atoms with E-state index in [4.69, 9.17) is 0 Å². The van der Waals surface area contributed by atoms with Crippen molar-refractivity contribution >= 4 is 22.5 Å². The monoisotopic (exact) mass is 302 g/mol. The van der Waals surface area contributed by atoms with Gasteiger partial charge in [0.05, 0.1) is 0 Å². The topological polar surface area (TPSA) is 57.3 Å². The molecular weight excluding hydrogens is 284 g/mol. The van der Waals surface area contributed by atoms with Gasteiger partial charge >= 0.3 is 6.03 Å². The Balaban J connectivity index is 1.45. The van der Waals surface area contributed by atoms with Gasteiger partial charge in [-0.05, 0) is 12.0 Å². The summed E-state index contributed by atoms with van der Waals surface area (Å²) in [6, 6.07) is 10.4. The quantitative estimate of drug-likeness (QED) is 0.912. The van der Waals surface area contributed by atoms with Crippen molar-refractivity contribution in [2.75, 3.05) is 18.4 Å². The van der Waals surface area contributed by atoms with Gasteiger partial charge in [-0.2, -0.15) is 0 Å². The molecule has 0 unspecified atom stereocenters. The van der Waals surface area contributed by atoms with E-state index in [1.807, 2.05) is 11.4 Å². The average molecular weight is 302 g/mol. The van der Waals surface area contributed by atoms with Crippen LogP contribution < -0.4 is 10.6 Å². The summed E-state index contributed by atoms with van der Waals surface area (Å²) in [5, 5.41) is 8.23. The first-order valence-electron chi connectivity index (χ1n) is 7.03. The second-order valence-corrected chi connectivity index (χ2v) is 6.04.